The number of halogens is 3. The molecule has 1 aliphatic rings. The second-order valence-corrected chi connectivity index (χ2v) is 7.80. The highest BCUT2D eigenvalue weighted by Crippen LogP contribution is 2.33. The van der Waals surface area contributed by atoms with Crippen LogP contribution in [0, 0.1) is 13.8 Å². The normalized spacial score (nSPS) is 19.2. The van der Waals surface area contributed by atoms with Crippen molar-refractivity contribution < 1.29 is 18.3 Å². The van der Waals surface area contributed by atoms with Gasteiger partial charge in [0.25, 0.3) is 0 Å². The van der Waals surface area contributed by atoms with E-state index in [4.69, 9.17) is 0 Å². The van der Waals surface area contributed by atoms with Gasteiger partial charge in [0.05, 0.1) is 17.9 Å². The topological polar surface area (TPSA) is 61.3 Å². The number of nitrogens with one attached hydrogen (secondary N) is 1. The molecule has 0 radical (unpaired) electrons. The van der Waals surface area contributed by atoms with E-state index < -0.39 is 11.7 Å². The van der Waals surface area contributed by atoms with E-state index in [0.717, 1.165) is 43.6 Å². The van der Waals surface area contributed by atoms with Crippen LogP contribution >= 0.6 is 0 Å². The second-order valence-electron chi connectivity index (χ2n) is 7.80. The average molecular weight is 408 g/mol. The van der Waals surface area contributed by atoms with E-state index in [1.165, 1.54) is 6.07 Å². The lowest BCUT2D eigenvalue weighted by molar-refractivity contribution is -0.137. The van der Waals surface area contributed by atoms with E-state index in [2.05, 4.69) is 20.4 Å². The van der Waals surface area contributed by atoms with Gasteiger partial charge >= 0.3 is 6.18 Å². The Morgan fingerprint density at radius 3 is 2.59 bits per heavy atom. The second kappa shape index (κ2) is 8.67. The summed E-state index contributed by atoms with van der Waals surface area (Å²) in [5.74, 6) is 0.652. The fourth-order valence-corrected chi connectivity index (χ4v) is 3.78. The number of hydrogen-bond donors (Lipinski definition) is 2. The summed E-state index contributed by atoms with van der Waals surface area (Å²) < 4.78 is 38.7. The number of rotatable bonds is 5. The number of likely N-dealkylation sites (tertiary alicyclic amines) is 1. The Kier molecular flexibility index (Phi) is 6.43. The standard InChI is InChI=1S/C21H27F3N4O/c1-13-9-16(21(22,23)24)6-7-18(13)20-14(2)10-19(26-27-20)25-17-5-4-8-28(11-17)15(3)12-29/h6-7,9-10,15,17,29H,4-5,8,11-12H2,1-3H3,(H,25,26)/t15?,17-/m1/s1. The van der Waals surface area contributed by atoms with Crippen LogP contribution in [0.3, 0.4) is 0 Å². The number of hydrogen-bond acceptors (Lipinski definition) is 5. The van der Waals surface area contributed by atoms with Gasteiger partial charge in [0.15, 0.2) is 0 Å². The summed E-state index contributed by atoms with van der Waals surface area (Å²) >= 11 is 0. The van der Waals surface area contributed by atoms with Crippen LogP contribution in [-0.4, -0.2) is 52.0 Å². The van der Waals surface area contributed by atoms with Gasteiger partial charge in [0.1, 0.15) is 5.82 Å². The zero-order valence-corrected chi connectivity index (χ0v) is 16.9. The maximum absolute atomic E-state index is 12.9. The van der Waals surface area contributed by atoms with Crippen LogP contribution in [0.15, 0.2) is 24.3 Å². The summed E-state index contributed by atoms with van der Waals surface area (Å²) in [6.45, 7) is 7.46. The quantitative estimate of drug-likeness (QED) is 0.782. The lowest BCUT2D eigenvalue weighted by Crippen LogP contribution is -2.47. The SMILES string of the molecule is Cc1cc(C(F)(F)F)ccc1-c1nnc(N[C@@H]2CCCN(C(C)CO)C2)cc1C. The summed E-state index contributed by atoms with van der Waals surface area (Å²) in [4.78, 5) is 2.25. The molecule has 1 fully saturated rings. The minimum atomic E-state index is -4.36. The molecule has 158 valence electrons. The van der Waals surface area contributed by atoms with Crippen molar-refractivity contribution in [2.75, 3.05) is 25.0 Å². The minimum Gasteiger partial charge on any atom is -0.395 e. The molecular formula is C21H27F3N4O. The first-order chi connectivity index (χ1) is 13.7. The summed E-state index contributed by atoms with van der Waals surface area (Å²) in [6, 6.07) is 5.89. The number of nitrogens with zero attached hydrogens (tertiary/aromatic N) is 3. The molecule has 0 aliphatic carbocycles. The molecule has 2 N–H and O–H groups in total. The Morgan fingerprint density at radius 2 is 1.97 bits per heavy atom. The van der Waals surface area contributed by atoms with Gasteiger partial charge in [-0.2, -0.15) is 13.2 Å². The number of alkyl halides is 3. The molecular weight excluding hydrogens is 381 g/mol. The van der Waals surface area contributed by atoms with Crippen molar-refractivity contribution in [1.82, 2.24) is 15.1 Å². The van der Waals surface area contributed by atoms with E-state index in [-0.39, 0.29) is 18.7 Å². The van der Waals surface area contributed by atoms with Crippen LogP contribution in [0.1, 0.15) is 36.5 Å². The van der Waals surface area contributed by atoms with E-state index in [1.54, 1.807) is 6.92 Å². The molecule has 0 bridgehead atoms. The molecule has 1 aromatic heterocycles. The third-order valence-corrected chi connectivity index (χ3v) is 5.49. The van der Waals surface area contributed by atoms with Gasteiger partial charge in [-0.25, -0.2) is 0 Å². The number of aromatic nitrogens is 2. The van der Waals surface area contributed by atoms with Crippen molar-refractivity contribution in [2.24, 2.45) is 0 Å². The summed E-state index contributed by atoms with van der Waals surface area (Å²) in [7, 11) is 0. The van der Waals surface area contributed by atoms with Crippen molar-refractivity contribution in [3.8, 4) is 11.3 Å². The molecule has 0 saturated carbocycles. The Labute approximate surface area is 169 Å². The van der Waals surface area contributed by atoms with E-state index in [0.29, 0.717) is 22.6 Å². The predicted molar refractivity (Wildman–Crippen MR) is 107 cm³/mol. The Morgan fingerprint density at radius 1 is 1.21 bits per heavy atom. The molecule has 5 nitrogen and oxygen atoms in total. The van der Waals surface area contributed by atoms with E-state index in [9.17, 15) is 18.3 Å². The molecule has 2 heterocycles. The molecule has 1 aliphatic heterocycles. The van der Waals surface area contributed by atoms with Gasteiger partial charge in [-0.1, -0.05) is 6.07 Å². The highest BCUT2D eigenvalue weighted by atomic mass is 19.4. The van der Waals surface area contributed by atoms with Gasteiger partial charge < -0.3 is 10.4 Å². The van der Waals surface area contributed by atoms with Crippen LogP contribution in [0.4, 0.5) is 19.0 Å². The zero-order valence-electron chi connectivity index (χ0n) is 16.9. The number of aliphatic hydroxyl groups is 1. The first kappa shape index (κ1) is 21.5. The first-order valence-electron chi connectivity index (χ1n) is 9.83. The molecule has 1 saturated heterocycles. The number of anilines is 1. The molecule has 0 spiro atoms. The Balaban J connectivity index is 1.75. The molecule has 3 rings (SSSR count). The maximum atomic E-state index is 12.9. The Hall–Kier alpha value is -2.19. The molecule has 8 heteroatoms. The number of aryl methyl sites for hydroxylation is 2. The van der Waals surface area contributed by atoms with Crippen molar-refractivity contribution in [1.29, 1.82) is 0 Å². The number of aliphatic hydroxyl groups excluding tert-OH is 1. The van der Waals surface area contributed by atoms with Gasteiger partial charge in [0.2, 0.25) is 0 Å². The highest BCUT2D eigenvalue weighted by molar-refractivity contribution is 5.67. The first-order valence-corrected chi connectivity index (χ1v) is 9.83. The third kappa shape index (κ3) is 5.05. The van der Waals surface area contributed by atoms with Gasteiger partial charge in [0, 0.05) is 24.2 Å². The molecule has 1 unspecified atom stereocenters. The predicted octanol–water partition coefficient (Wildman–Crippen LogP) is 4.04. The fourth-order valence-electron chi connectivity index (χ4n) is 3.78. The molecule has 29 heavy (non-hydrogen) atoms. The minimum absolute atomic E-state index is 0.123. The highest BCUT2D eigenvalue weighted by Gasteiger charge is 2.31. The van der Waals surface area contributed by atoms with Gasteiger partial charge in [-0.15, -0.1) is 10.2 Å². The van der Waals surface area contributed by atoms with Crippen LogP contribution in [0.2, 0.25) is 0 Å². The van der Waals surface area contributed by atoms with Crippen LogP contribution in [0.5, 0.6) is 0 Å². The molecule has 0 amide bonds. The summed E-state index contributed by atoms with van der Waals surface area (Å²) in [6.07, 6.45) is -2.31. The largest absolute Gasteiger partial charge is 0.416 e. The van der Waals surface area contributed by atoms with E-state index in [1.807, 2.05) is 19.9 Å². The smallest absolute Gasteiger partial charge is 0.395 e. The third-order valence-electron chi connectivity index (χ3n) is 5.49. The number of benzene rings is 1. The van der Waals surface area contributed by atoms with Crippen molar-refractivity contribution >= 4 is 5.82 Å². The Bertz CT molecular complexity index is 856. The van der Waals surface area contributed by atoms with Crippen LogP contribution in [0.25, 0.3) is 11.3 Å². The zero-order chi connectivity index (χ0) is 21.2. The average Bonchev–Trinajstić information content (AvgIpc) is 2.67. The summed E-state index contributed by atoms with van der Waals surface area (Å²) in [5.41, 5.74) is 1.93. The van der Waals surface area contributed by atoms with Crippen LogP contribution < -0.4 is 5.32 Å². The lowest BCUT2D eigenvalue weighted by Gasteiger charge is -2.36. The summed E-state index contributed by atoms with van der Waals surface area (Å²) in [5, 5.41) is 21.3. The van der Waals surface area contributed by atoms with Crippen molar-refractivity contribution in [2.45, 2.75) is 51.9 Å². The van der Waals surface area contributed by atoms with Crippen LogP contribution in [-0.2, 0) is 6.18 Å². The molecule has 2 atom stereocenters. The van der Waals surface area contributed by atoms with Gasteiger partial charge in [-0.3, -0.25) is 4.90 Å². The van der Waals surface area contributed by atoms with E-state index >= 15 is 0 Å². The maximum Gasteiger partial charge on any atom is 0.416 e. The van der Waals surface area contributed by atoms with Gasteiger partial charge in [-0.05, 0) is 69.5 Å². The monoisotopic (exact) mass is 408 g/mol. The number of piperidine rings is 1. The molecule has 1 aromatic carbocycles. The lowest BCUT2D eigenvalue weighted by atomic mass is 9.99. The van der Waals surface area contributed by atoms with Crippen molar-refractivity contribution in [3.05, 3.63) is 41.0 Å². The fraction of sp³-hybridized carbons (Fsp3) is 0.524. The molecule has 2 aromatic rings. The van der Waals surface area contributed by atoms with Crippen molar-refractivity contribution in [3.63, 3.8) is 0 Å².